The Morgan fingerprint density at radius 1 is 1.05 bits per heavy atom. The first-order valence-corrected chi connectivity index (χ1v) is 7.84. The second-order valence-corrected chi connectivity index (χ2v) is 6.09. The van der Waals surface area contributed by atoms with Crippen molar-refractivity contribution >= 4 is 26.7 Å². The number of halogens is 1. The maximum atomic E-state index is 4.33. The summed E-state index contributed by atoms with van der Waals surface area (Å²) in [6.45, 7) is 2.99. The summed E-state index contributed by atoms with van der Waals surface area (Å²) in [5.74, 6) is 0. The predicted octanol–water partition coefficient (Wildman–Crippen LogP) is 4.85. The molecule has 1 N–H and O–H groups in total. The molecule has 0 radical (unpaired) electrons. The van der Waals surface area contributed by atoms with E-state index in [4.69, 9.17) is 0 Å². The average Bonchev–Trinajstić information content (AvgIpc) is 2.53. The lowest BCUT2D eigenvalue weighted by molar-refractivity contribution is 0.575. The number of aromatic nitrogens is 1. The molecule has 0 aliphatic heterocycles. The average molecular weight is 341 g/mol. The highest BCUT2D eigenvalue weighted by atomic mass is 79.9. The normalized spacial score (nSPS) is 12.5. The van der Waals surface area contributed by atoms with Crippen LogP contribution in [-0.2, 0) is 6.54 Å². The van der Waals surface area contributed by atoms with E-state index in [-0.39, 0.29) is 0 Å². The molecule has 0 bridgehead atoms. The SMILES string of the molecule is C[C@H](NCc1cncc2ccccc12)c1ccc(Br)cc1. The third kappa shape index (κ3) is 3.31. The van der Waals surface area contributed by atoms with Gasteiger partial charge in [-0.3, -0.25) is 4.98 Å². The fourth-order valence-corrected chi connectivity index (χ4v) is 2.72. The van der Waals surface area contributed by atoms with Crippen LogP contribution in [0.4, 0.5) is 0 Å². The summed E-state index contributed by atoms with van der Waals surface area (Å²) in [5, 5.41) is 6.03. The summed E-state index contributed by atoms with van der Waals surface area (Å²) in [6.07, 6.45) is 3.86. The van der Waals surface area contributed by atoms with E-state index < -0.39 is 0 Å². The molecule has 0 aliphatic rings. The van der Waals surface area contributed by atoms with Crippen molar-refractivity contribution in [1.29, 1.82) is 0 Å². The number of fused-ring (bicyclic) bond motifs is 1. The van der Waals surface area contributed by atoms with Gasteiger partial charge in [-0.15, -0.1) is 0 Å². The highest BCUT2D eigenvalue weighted by Crippen LogP contribution is 2.20. The molecule has 0 unspecified atom stereocenters. The van der Waals surface area contributed by atoms with Crippen LogP contribution in [0.3, 0.4) is 0 Å². The van der Waals surface area contributed by atoms with E-state index >= 15 is 0 Å². The summed E-state index contributed by atoms with van der Waals surface area (Å²) in [5.41, 5.74) is 2.52. The first kappa shape index (κ1) is 14.2. The fraction of sp³-hybridized carbons (Fsp3) is 0.167. The minimum atomic E-state index is 0.303. The lowest BCUT2D eigenvalue weighted by Gasteiger charge is -2.15. The molecule has 1 atom stereocenters. The number of nitrogens with one attached hydrogen (secondary N) is 1. The van der Waals surface area contributed by atoms with Gasteiger partial charge in [-0.25, -0.2) is 0 Å². The minimum Gasteiger partial charge on any atom is -0.306 e. The topological polar surface area (TPSA) is 24.9 Å². The molecule has 106 valence electrons. The van der Waals surface area contributed by atoms with Crippen LogP contribution in [-0.4, -0.2) is 4.98 Å². The summed E-state index contributed by atoms with van der Waals surface area (Å²) in [4.78, 5) is 4.33. The molecule has 3 rings (SSSR count). The van der Waals surface area contributed by atoms with Crippen LogP contribution in [0.1, 0.15) is 24.1 Å². The largest absolute Gasteiger partial charge is 0.306 e. The molecule has 2 aromatic carbocycles. The molecule has 3 aromatic rings. The van der Waals surface area contributed by atoms with Crippen LogP contribution >= 0.6 is 15.9 Å². The Morgan fingerprint density at radius 2 is 1.81 bits per heavy atom. The van der Waals surface area contributed by atoms with Crippen molar-refractivity contribution in [3.63, 3.8) is 0 Å². The van der Waals surface area contributed by atoms with Crippen LogP contribution in [0.15, 0.2) is 65.4 Å². The fourth-order valence-electron chi connectivity index (χ4n) is 2.45. The van der Waals surface area contributed by atoms with Crippen LogP contribution in [0, 0.1) is 0 Å². The van der Waals surface area contributed by atoms with Gasteiger partial charge < -0.3 is 5.32 Å². The lowest BCUT2D eigenvalue weighted by atomic mass is 10.1. The van der Waals surface area contributed by atoms with E-state index in [0.717, 1.165) is 11.0 Å². The summed E-state index contributed by atoms with van der Waals surface area (Å²) in [6, 6.07) is 17.1. The number of benzene rings is 2. The summed E-state index contributed by atoms with van der Waals surface area (Å²) < 4.78 is 1.11. The van der Waals surface area contributed by atoms with Gasteiger partial charge in [-0.05, 0) is 35.6 Å². The molecular weight excluding hydrogens is 324 g/mol. The van der Waals surface area contributed by atoms with Gasteiger partial charge in [0, 0.05) is 34.8 Å². The van der Waals surface area contributed by atoms with Crippen molar-refractivity contribution in [3.05, 3.63) is 76.5 Å². The Bertz CT molecular complexity index is 732. The number of rotatable bonds is 4. The maximum absolute atomic E-state index is 4.33. The van der Waals surface area contributed by atoms with E-state index in [0.29, 0.717) is 6.04 Å². The molecule has 0 spiro atoms. The molecule has 0 amide bonds. The van der Waals surface area contributed by atoms with Gasteiger partial charge in [0.1, 0.15) is 0 Å². The molecule has 0 fully saturated rings. The Hall–Kier alpha value is -1.71. The van der Waals surface area contributed by atoms with E-state index in [1.165, 1.54) is 21.9 Å². The van der Waals surface area contributed by atoms with Gasteiger partial charge in [0.05, 0.1) is 0 Å². The molecule has 0 aliphatic carbocycles. The maximum Gasteiger partial charge on any atom is 0.0346 e. The van der Waals surface area contributed by atoms with Crippen LogP contribution < -0.4 is 5.32 Å². The van der Waals surface area contributed by atoms with Crippen molar-refractivity contribution in [2.45, 2.75) is 19.5 Å². The number of nitrogens with zero attached hydrogens (tertiary/aromatic N) is 1. The first-order chi connectivity index (χ1) is 10.2. The second-order valence-electron chi connectivity index (χ2n) is 5.17. The van der Waals surface area contributed by atoms with Crippen molar-refractivity contribution in [1.82, 2.24) is 10.3 Å². The van der Waals surface area contributed by atoms with Crippen molar-refractivity contribution in [2.75, 3.05) is 0 Å². The number of hydrogen-bond acceptors (Lipinski definition) is 2. The zero-order valence-electron chi connectivity index (χ0n) is 11.9. The van der Waals surface area contributed by atoms with Crippen molar-refractivity contribution in [3.8, 4) is 0 Å². The molecule has 0 saturated heterocycles. The highest BCUT2D eigenvalue weighted by molar-refractivity contribution is 9.10. The molecule has 2 nitrogen and oxygen atoms in total. The third-order valence-electron chi connectivity index (χ3n) is 3.72. The Kier molecular flexibility index (Phi) is 4.32. The van der Waals surface area contributed by atoms with Gasteiger partial charge in [-0.2, -0.15) is 0 Å². The molecule has 1 aromatic heterocycles. The van der Waals surface area contributed by atoms with Gasteiger partial charge in [0.25, 0.3) is 0 Å². The first-order valence-electron chi connectivity index (χ1n) is 7.04. The van der Waals surface area contributed by atoms with Crippen LogP contribution in [0.5, 0.6) is 0 Å². The second kappa shape index (κ2) is 6.37. The molecule has 0 saturated carbocycles. The Labute approximate surface area is 133 Å². The summed E-state index contributed by atoms with van der Waals surface area (Å²) >= 11 is 3.47. The van der Waals surface area contributed by atoms with E-state index in [1.54, 1.807) is 0 Å². The standard InChI is InChI=1S/C18H17BrN2/c1-13(14-6-8-17(19)9-7-14)21-12-16-11-20-10-15-4-2-3-5-18(15)16/h2-11,13,21H,12H2,1H3/t13-/m0/s1. The quantitative estimate of drug-likeness (QED) is 0.734. The third-order valence-corrected chi connectivity index (χ3v) is 4.25. The zero-order chi connectivity index (χ0) is 14.7. The molecule has 21 heavy (non-hydrogen) atoms. The minimum absolute atomic E-state index is 0.303. The Morgan fingerprint density at radius 3 is 2.62 bits per heavy atom. The van der Waals surface area contributed by atoms with Gasteiger partial charge in [0.15, 0.2) is 0 Å². The lowest BCUT2D eigenvalue weighted by Crippen LogP contribution is -2.18. The van der Waals surface area contributed by atoms with E-state index in [2.05, 4.69) is 75.6 Å². The smallest absolute Gasteiger partial charge is 0.0346 e. The van der Waals surface area contributed by atoms with Crippen LogP contribution in [0.2, 0.25) is 0 Å². The Balaban J connectivity index is 1.76. The van der Waals surface area contributed by atoms with Gasteiger partial charge in [0.2, 0.25) is 0 Å². The van der Waals surface area contributed by atoms with Crippen molar-refractivity contribution < 1.29 is 0 Å². The van der Waals surface area contributed by atoms with Gasteiger partial charge >= 0.3 is 0 Å². The summed E-state index contributed by atoms with van der Waals surface area (Å²) in [7, 11) is 0. The van der Waals surface area contributed by atoms with E-state index in [1.807, 2.05) is 18.5 Å². The van der Waals surface area contributed by atoms with E-state index in [9.17, 15) is 0 Å². The molecule has 3 heteroatoms. The predicted molar refractivity (Wildman–Crippen MR) is 91.1 cm³/mol. The monoisotopic (exact) mass is 340 g/mol. The number of hydrogen-bond donors (Lipinski definition) is 1. The van der Waals surface area contributed by atoms with Crippen molar-refractivity contribution in [2.24, 2.45) is 0 Å². The number of pyridine rings is 1. The molecular formula is C18H17BrN2. The van der Waals surface area contributed by atoms with Gasteiger partial charge in [-0.1, -0.05) is 52.3 Å². The zero-order valence-corrected chi connectivity index (χ0v) is 13.5. The van der Waals surface area contributed by atoms with Crippen LogP contribution in [0.25, 0.3) is 10.8 Å². The highest BCUT2D eigenvalue weighted by Gasteiger charge is 2.06. The molecule has 1 heterocycles.